The van der Waals surface area contributed by atoms with Crippen molar-refractivity contribution in [2.24, 2.45) is 0 Å². The first-order chi connectivity index (χ1) is 11.4. The number of nitrogens with zero attached hydrogens (tertiary/aromatic N) is 2. The number of hydrogen-bond donors (Lipinski definition) is 1. The second kappa shape index (κ2) is 6.85. The standard InChI is InChI=1S/C17H12Cl3N3O/c1-10(24)21-17-9-15(11-2-4-12(18)5-3-11)22-23(17)16-8-13(19)6-7-14(16)20/h2-9H,1H3,(H,21,24). The summed E-state index contributed by atoms with van der Waals surface area (Å²) >= 11 is 18.3. The fraction of sp³-hybridized carbons (Fsp3) is 0.0588. The van der Waals surface area contributed by atoms with E-state index in [0.29, 0.717) is 32.3 Å². The largest absolute Gasteiger partial charge is 0.311 e. The molecule has 0 bridgehead atoms. The Morgan fingerprint density at radius 1 is 1.00 bits per heavy atom. The Kier molecular flexibility index (Phi) is 4.81. The lowest BCUT2D eigenvalue weighted by Crippen LogP contribution is -2.11. The van der Waals surface area contributed by atoms with Crippen LogP contribution in [0.4, 0.5) is 5.82 Å². The molecule has 0 spiro atoms. The lowest BCUT2D eigenvalue weighted by Gasteiger charge is -2.09. The molecule has 1 amide bonds. The van der Waals surface area contributed by atoms with Gasteiger partial charge in [-0.25, -0.2) is 4.68 Å². The van der Waals surface area contributed by atoms with E-state index in [0.717, 1.165) is 5.56 Å². The molecule has 2 aromatic carbocycles. The average Bonchev–Trinajstić information content (AvgIpc) is 2.93. The molecule has 3 aromatic rings. The van der Waals surface area contributed by atoms with Gasteiger partial charge in [-0.1, -0.05) is 46.9 Å². The Labute approximate surface area is 154 Å². The zero-order valence-electron chi connectivity index (χ0n) is 12.6. The average molecular weight is 381 g/mol. The van der Waals surface area contributed by atoms with Crippen molar-refractivity contribution in [3.05, 3.63) is 63.6 Å². The molecule has 122 valence electrons. The van der Waals surface area contributed by atoms with E-state index in [1.165, 1.54) is 6.92 Å². The van der Waals surface area contributed by atoms with Crippen molar-refractivity contribution in [1.82, 2.24) is 9.78 Å². The topological polar surface area (TPSA) is 46.9 Å². The SMILES string of the molecule is CC(=O)Nc1cc(-c2ccc(Cl)cc2)nn1-c1cc(Cl)ccc1Cl. The van der Waals surface area contributed by atoms with Gasteiger partial charge < -0.3 is 5.32 Å². The van der Waals surface area contributed by atoms with Crippen molar-refractivity contribution in [2.75, 3.05) is 5.32 Å². The number of hydrogen-bond acceptors (Lipinski definition) is 2. The van der Waals surface area contributed by atoms with Crippen LogP contribution in [0.5, 0.6) is 0 Å². The molecule has 0 aliphatic rings. The number of aromatic nitrogens is 2. The Bertz CT molecular complexity index is 904. The summed E-state index contributed by atoms with van der Waals surface area (Å²) in [6.45, 7) is 1.43. The minimum absolute atomic E-state index is 0.211. The zero-order valence-corrected chi connectivity index (χ0v) is 14.8. The number of anilines is 1. The maximum atomic E-state index is 11.5. The predicted molar refractivity (Wildman–Crippen MR) is 98.3 cm³/mol. The summed E-state index contributed by atoms with van der Waals surface area (Å²) < 4.78 is 1.56. The maximum Gasteiger partial charge on any atom is 0.222 e. The fourth-order valence-corrected chi connectivity index (χ4v) is 2.73. The normalized spacial score (nSPS) is 10.7. The molecule has 0 saturated heterocycles. The van der Waals surface area contributed by atoms with Gasteiger partial charge in [-0.3, -0.25) is 4.79 Å². The number of carbonyl (C=O) groups excluding carboxylic acids is 1. The first-order valence-corrected chi connectivity index (χ1v) is 8.16. The van der Waals surface area contributed by atoms with Crippen LogP contribution in [0.2, 0.25) is 15.1 Å². The third-order valence-corrected chi connectivity index (χ3v) is 4.10. The number of amides is 1. The van der Waals surface area contributed by atoms with Gasteiger partial charge in [-0.15, -0.1) is 0 Å². The van der Waals surface area contributed by atoms with Gasteiger partial charge in [0, 0.05) is 28.6 Å². The minimum atomic E-state index is -0.211. The fourth-order valence-electron chi connectivity index (χ4n) is 2.24. The van der Waals surface area contributed by atoms with Crippen molar-refractivity contribution in [3.8, 4) is 16.9 Å². The molecule has 0 fully saturated rings. The van der Waals surface area contributed by atoms with Crippen LogP contribution in [-0.2, 0) is 4.79 Å². The molecule has 24 heavy (non-hydrogen) atoms. The van der Waals surface area contributed by atoms with Gasteiger partial charge in [0.05, 0.1) is 16.4 Å². The van der Waals surface area contributed by atoms with Crippen LogP contribution in [0, 0.1) is 0 Å². The predicted octanol–water partition coefficient (Wildman–Crippen LogP) is 5.46. The van der Waals surface area contributed by atoms with Gasteiger partial charge in [0.2, 0.25) is 5.91 Å². The molecule has 1 N–H and O–H groups in total. The van der Waals surface area contributed by atoms with Crippen LogP contribution in [0.15, 0.2) is 48.5 Å². The van der Waals surface area contributed by atoms with E-state index in [2.05, 4.69) is 10.4 Å². The Hall–Kier alpha value is -2.01. The molecular formula is C17H12Cl3N3O. The molecule has 7 heteroatoms. The Morgan fingerprint density at radius 2 is 1.67 bits per heavy atom. The quantitative estimate of drug-likeness (QED) is 0.656. The molecule has 0 atom stereocenters. The van der Waals surface area contributed by atoms with E-state index in [9.17, 15) is 4.79 Å². The Balaban J connectivity index is 2.15. The van der Waals surface area contributed by atoms with Crippen LogP contribution >= 0.6 is 34.8 Å². The van der Waals surface area contributed by atoms with Gasteiger partial charge in [0.1, 0.15) is 5.82 Å². The first-order valence-electron chi connectivity index (χ1n) is 7.03. The molecular weight excluding hydrogens is 369 g/mol. The van der Waals surface area contributed by atoms with E-state index in [1.54, 1.807) is 41.1 Å². The summed E-state index contributed by atoms with van der Waals surface area (Å²) in [4.78, 5) is 11.5. The second-order valence-corrected chi connectivity index (χ2v) is 6.39. The van der Waals surface area contributed by atoms with E-state index in [4.69, 9.17) is 34.8 Å². The summed E-state index contributed by atoms with van der Waals surface area (Å²) in [5.74, 6) is 0.286. The smallest absolute Gasteiger partial charge is 0.222 e. The number of nitrogens with one attached hydrogen (secondary N) is 1. The lowest BCUT2D eigenvalue weighted by molar-refractivity contribution is -0.114. The summed E-state index contributed by atoms with van der Waals surface area (Å²) in [6.07, 6.45) is 0. The van der Waals surface area contributed by atoms with E-state index in [1.807, 2.05) is 12.1 Å². The molecule has 3 rings (SSSR count). The molecule has 4 nitrogen and oxygen atoms in total. The molecule has 1 aromatic heterocycles. The minimum Gasteiger partial charge on any atom is -0.311 e. The van der Waals surface area contributed by atoms with Crippen LogP contribution < -0.4 is 5.32 Å². The highest BCUT2D eigenvalue weighted by atomic mass is 35.5. The summed E-state index contributed by atoms with van der Waals surface area (Å²) in [7, 11) is 0. The van der Waals surface area contributed by atoms with Crippen molar-refractivity contribution in [2.45, 2.75) is 6.92 Å². The third-order valence-electron chi connectivity index (χ3n) is 3.29. The first kappa shape index (κ1) is 16.8. The monoisotopic (exact) mass is 379 g/mol. The van der Waals surface area contributed by atoms with Gasteiger partial charge in [-0.2, -0.15) is 5.10 Å². The van der Waals surface area contributed by atoms with Crippen molar-refractivity contribution in [1.29, 1.82) is 0 Å². The highest BCUT2D eigenvalue weighted by molar-refractivity contribution is 6.34. The number of benzene rings is 2. The van der Waals surface area contributed by atoms with Crippen molar-refractivity contribution in [3.63, 3.8) is 0 Å². The zero-order chi connectivity index (χ0) is 17.3. The number of rotatable bonds is 3. The number of carbonyl (C=O) groups is 1. The molecule has 0 radical (unpaired) electrons. The number of halogens is 3. The van der Waals surface area contributed by atoms with Crippen LogP contribution in [-0.4, -0.2) is 15.7 Å². The van der Waals surface area contributed by atoms with E-state index < -0.39 is 0 Å². The highest BCUT2D eigenvalue weighted by Crippen LogP contribution is 2.30. The van der Waals surface area contributed by atoms with Crippen LogP contribution in [0.1, 0.15) is 6.92 Å². The van der Waals surface area contributed by atoms with Crippen molar-refractivity contribution >= 4 is 46.5 Å². The summed E-state index contributed by atoms with van der Waals surface area (Å²) in [6, 6.07) is 14.1. The molecule has 1 heterocycles. The maximum absolute atomic E-state index is 11.5. The van der Waals surface area contributed by atoms with Gasteiger partial charge in [0.15, 0.2) is 0 Å². The third kappa shape index (κ3) is 3.56. The summed E-state index contributed by atoms with van der Waals surface area (Å²) in [5.41, 5.74) is 2.11. The second-order valence-electron chi connectivity index (χ2n) is 5.11. The molecule has 0 saturated carbocycles. The highest BCUT2D eigenvalue weighted by Gasteiger charge is 2.15. The lowest BCUT2D eigenvalue weighted by atomic mass is 10.1. The molecule has 0 unspecified atom stereocenters. The Morgan fingerprint density at radius 3 is 2.33 bits per heavy atom. The van der Waals surface area contributed by atoms with Crippen LogP contribution in [0.3, 0.4) is 0 Å². The van der Waals surface area contributed by atoms with Crippen molar-refractivity contribution < 1.29 is 4.79 Å². The summed E-state index contributed by atoms with van der Waals surface area (Å²) in [5, 5.41) is 8.93. The van der Waals surface area contributed by atoms with E-state index >= 15 is 0 Å². The van der Waals surface area contributed by atoms with Gasteiger partial charge in [0.25, 0.3) is 0 Å². The van der Waals surface area contributed by atoms with E-state index in [-0.39, 0.29) is 5.91 Å². The van der Waals surface area contributed by atoms with Crippen LogP contribution in [0.25, 0.3) is 16.9 Å². The van der Waals surface area contributed by atoms with Gasteiger partial charge in [-0.05, 0) is 30.3 Å². The molecule has 0 aliphatic carbocycles. The molecule has 0 aliphatic heterocycles. The van der Waals surface area contributed by atoms with Gasteiger partial charge >= 0.3 is 0 Å².